The molecular weight excluding hydrogens is 194 g/mol. The Morgan fingerprint density at radius 3 is 2.71 bits per heavy atom. The predicted octanol–water partition coefficient (Wildman–Crippen LogP) is 1.53. The first-order valence-corrected chi connectivity index (χ1v) is 7.34. The normalized spacial score (nSPS) is 40.0. The maximum Gasteiger partial charge on any atom is 0.0441 e. The van der Waals surface area contributed by atoms with E-state index in [2.05, 4.69) is 12.2 Å². The zero-order valence-electron chi connectivity index (χ0n) is 9.16. The molecule has 0 aromatic carbocycles. The topological polar surface area (TPSA) is 29.1 Å². The van der Waals surface area contributed by atoms with Crippen LogP contribution in [0.1, 0.15) is 32.6 Å². The van der Waals surface area contributed by atoms with Crippen LogP contribution >= 0.6 is 0 Å². The van der Waals surface area contributed by atoms with Crippen molar-refractivity contribution in [3.8, 4) is 0 Å². The van der Waals surface area contributed by atoms with Crippen LogP contribution in [0.5, 0.6) is 0 Å². The average molecular weight is 215 g/mol. The Morgan fingerprint density at radius 1 is 1.43 bits per heavy atom. The highest BCUT2D eigenvalue weighted by Gasteiger charge is 2.39. The van der Waals surface area contributed by atoms with Gasteiger partial charge < -0.3 is 5.32 Å². The summed E-state index contributed by atoms with van der Waals surface area (Å²) in [5.41, 5.74) is 0. The number of hydrogen-bond acceptors (Lipinski definition) is 2. The van der Waals surface area contributed by atoms with Gasteiger partial charge in [0.2, 0.25) is 0 Å². The monoisotopic (exact) mass is 215 g/mol. The third-order valence-electron chi connectivity index (χ3n) is 3.97. The van der Waals surface area contributed by atoms with Gasteiger partial charge in [-0.15, -0.1) is 0 Å². The molecule has 3 heteroatoms. The fraction of sp³-hybridized carbons (Fsp3) is 1.00. The van der Waals surface area contributed by atoms with E-state index in [0.29, 0.717) is 5.25 Å². The first-order valence-electron chi connectivity index (χ1n) is 5.72. The van der Waals surface area contributed by atoms with Crippen molar-refractivity contribution >= 4 is 10.8 Å². The van der Waals surface area contributed by atoms with Gasteiger partial charge in [-0.25, -0.2) is 0 Å². The lowest BCUT2D eigenvalue weighted by Crippen LogP contribution is -2.39. The van der Waals surface area contributed by atoms with E-state index in [0.717, 1.165) is 24.4 Å². The second kappa shape index (κ2) is 4.31. The summed E-state index contributed by atoms with van der Waals surface area (Å²) in [6.45, 7) is 2.99. The van der Waals surface area contributed by atoms with Gasteiger partial charge in [-0.2, -0.15) is 0 Å². The molecule has 0 saturated heterocycles. The Hall–Kier alpha value is 0.110. The third kappa shape index (κ3) is 2.19. The summed E-state index contributed by atoms with van der Waals surface area (Å²) < 4.78 is 11.2. The highest BCUT2D eigenvalue weighted by molar-refractivity contribution is 7.84. The smallest absolute Gasteiger partial charge is 0.0441 e. The summed E-state index contributed by atoms with van der Waals surface area (Å²) in [6, 6.07) is 0.736. The van der Waals surface area contributed by atoms with Crippen LogP contribution in [0.3, 0.4) is 0 Å². The minimum absolute atomic E-state index is 0.300. The zero-order valence-corrected chi connectivity index (χ0v) is 9.98. The molecule has 5 unspecified atom stereocenters. The second-order valence-electron chi connectivity index (χ2n) is 5.00. The van der Waals surface area contributed by atoms with Gasteiger partial charge in [-0.3, -0.25) is 4.21 Å². The highest BCUT2D eigenvalue weighted by atomic mass is 32.2. The van der Waals surface area contributed by atoms with Crippen LogP contribution in [-0.4, -0.2) is 28.3 Å². The summed E-state index contributed by atoms with van der Waals surface area (Å²) in [5.74, 6) is 1.93. The predicted molar refractivity (Wildman–Crippen MR) is 60.8 cm³/mol. The highest BCUT2D eigenvalue weighted by Crippen LogP contribution is 2.44. The molecule has 2 fully saturated rings. The summed E-state index contributed by atoms with van der Waals surface area (Å²) in [7, 11) is -0.675. The Balaban J connectivity index is 1.74. The van der Waals surface area contributed by atoms with Crippen molar-refractivity contribution in [2.45, 2.75) is 43.9 Å². The fourth-order valence-electron chi connectivity index (χ4n) is 2.93. The number of hydrogen-bond donors (Lipinski definition) is 1. The molecule has 82 valence electrons. The SMILES string of the molecule is CC(CNC1CC2CCC1C2)S(C)=O. The molecule has 1 N–H and O–H groups in total. The van der Waals surface area contributed by atoms with E-state index in [1.165, 1.54) is 25.7 Å². The summed E-state index contributed by atoms with van der Waals surface area (Å²) >= 11 is 0. The van der Waals surface area contributed by atoms with Crippen LogP contribution < -0.4 is 5.32 Å². The molecule has 0 aliphatic heterocycles. The van der Waals surface area contributed by atoms with Crippen molar-refractivity contribution < 1.29 is 4.21 Å². The van der Waals surface area contributed by atoms with E-state index in [4.69, 9.17) is 0 Å². The number of rotatable bonds is 4. The standard InChI is InChI=1S/C11H21NOS/c1-8(14(2)13)7-12-11-6-9-3-4-10(11)5-9/h8-12H,3-7H2,1-2H3. The Labute approximate surface area is 89.3 Å². The Kier molecular flexibility index (Phi) is 3.27. The Bertz CT molecular complexity index is 231. The molecule has 0 aromatic heterocycles. The average Bonchev–Trinajstić information content (AvgIpc) is 2.74. The van der Waals surface area contributed by atoms with E-state index in [-0.39, 0.29) is 0 Å². The molecular formula is C11H21NOS. The van der Waals surface area contributed by atoms with Gasteiger partial charge in [0.1, 0.15) is 0 Å². The van der Waals surface area contributed by atoms with E-state index in [1.54, 1.807) is 6.26 Å². The summed E-state index contributed by atoms with van der Waals surface area (Å²) in [5, 5.41) is 3.90. The lowest BCUT2D eigenvalue weighted by Gasteiger charge is -2.24. The zero-order chi connectivity index (χ0) is 10.1. The second-order valence-corrected chi connectivity index (χ2v) is 6.80. The molecule has 2 nitrogen and oxygen atoms in total. The largest absolute Gasteiger partial charge is 0.313 e. The third-order valence-corrected chi connectivity index (χ3v) is 5.27. The van der Waals surface area contributed by atoms with Crippen molar-refractivity contribution in [2.75, 3.05) is 12.8 Å². The van der Waals surface area contributed by atoms with Gasteiger partial charge in [-0.1, -0.05) is 6.42 Å². The van der Waals surface area contributed by atoms with Crippen LogP contribution in [0, 0.1) is 11.8 Å². The van der Waals surface area contributed by atoms with E-state index < -0.39 is 10.8 Å². The molecule has 2 aliphatic rings. The van der Waals surface area contributed by atoms with E-state index in [9.17, 15) is 4.21 Å². The molecule has 2 bridgehead atoms. The van der Waals surface area contributed by atoms with Crippen molar-refractivity contribution in [3.63, 3.8) is 0 Å². The lowest BCUT2D eigenvalue weighted by atomic mass is 9.95. The van der Waals surface area contributed by atoms with Gasteiger partial charge >= 0.3 is 0 Å². The van der Waals surface area contributed by atoms with Crippen LogP contribution in [-0.2, 0) is 10.8 Å². The summed E-state index contributed by atoms with van der Waals surface area (Å²) in [6.07, 6.45) is 7.49. The molecule has 5 atom stereocenters. The van der Waals surface area contributed by atoms with Gasteiger partial charge in [0, 0.05) is 34.9 Å². The first-order chi connectivity index (χ1) is 6.66. The quantitative estimate of drug-likeness (QED) is 0.770. The molecule has 0 spiro atoms. The molecule has 2 saturated carbocycles. The molecule has 0 amide bonds. The van der Waals surface area contributed by atoms with Crippen LogP contribution in [0.4, 0.5) is 0 Å². The minimum atomic E-state index is -0.675. The van der Waals surface area contributed by atoms with Crippen molar-refractivity contribution in [3.05, 3.63) is 0 Å². The number of fused-ring (bicyclic) bond motifs is 2. The van der Waals surface area contributed by atoms with Gasteiger partial charge in [0.25, 0.3) is 0 Å². The van der Waals surface area contributed by atoms with Gasteiger partial charge in [0.05, 0.1) is 0 Å². The fourth-order valence-corrected chi connectivity index (χ4v) is 3.26. The number of nitrogens with one attached hydrogen (secondary N) is 1. The molecule has 2 aliphatic carbocycles. The van der Waals surface area contributed by atoms with Crippen LogP contribution in [0.2, 0.25) is 0 Å². The maximum atomic E-state index is 11.2. The first kappa shape index (κ1) is 10.6. The molecule has 0 radical (unpaired) electrons. The maximum absolute atomic E-state index is 11.2. The van der Waals surface area contributed by atoms with Crippen LogP contribution in [0.15, 0.2) is 0 Å². The van der Waals surface area contributed by atoms with Gasteiger partial charge in [-0.05, 0) is 38.0 Å². The van der Waals surface area contributed by atoms with Crippen molar-refractivity contribution in [1.82, 2.24) is 5.32 Å². The summed E-state index contributed by atoms with van der Waals surface area (Å²) in [4.78, 5) is 0. The molecule has 0 heterocycles. The Morgan fingerprint density at radius 2 is 2.21 bits per heavy atom. The molecule has 2 rings (SSSR count). The molecule has 14 heavy (non-hydrogen) atoms. The minimum Gasteiger partial charge on any atom is -0.313 e. The lowest BCUT2D eigenvalue weighted by molar-refractivity contribution is 0.353. The van der Waals surface area contributed by atoms with Crippen LogP contribution in [0.25, 0.3) is 0 Å². The van der Waals surface area contributed by atoms with E-state index >= 15 is 0 Å². The van der Waals surface area contributed by atoms with Crippen molar-refractivity contribution in [1.29, 1.82) is 0 Å². The van der Waals surface area contributed by atoms with Gasteiger partial charge in [0.15, 0.2) is 0 Å². The van der Waals surface area contributed by atoms with Crippen molar-refractivity contribution in [2.24, 2.45) is 11.8 Å². The molecule has 0 aromatic rings. The van der Waals surface area contributed by atoms with E-state index in [1.807, 2.05) is 0 Å².